The van der Waals surface area contributed by atoms with Crippen LogP contribution in [-0.4, -0.2) is 19.7 Å². The van der Waals surface area contributed by atoms with Crippen LogP contribution in [0.25, 0.3) is 42.3 Å². The summed E-state index contributed by atoms with van der Waals surface area (Å²) in [5.74, 6) is 0. The third-order valence-corrected chi connectivity index (χ3v) is 7.05. The minimum Gasteiger partial charge on any atom is -0.342 e. The van der Waals surface area contributed by atoms with Gasteiger partial charge in [-0.05, 0) is 37.3 Å². The van der Waals surface area contributed by atoms with Gasteiger partial charge in [-0.1, -0.05) is 0 Å². The first-order chi connectivity index (χ1) is 13.3. The number of alkyl halides is 3. The number of nitrogens with one attached hydrogen (secondary N) is 1. The fourth-order valence-corrected chi connectivity index (χ4v) is 5.63. The van der Waals surface area contributed by atoms with Crippen LogP contribution in [0.4, 0.5) is 13.2 Å². The Balaban J connectivity index is 1.52. The first kappa shape index (κ1) is 17.4. The molecule has 0 amide bonds. The number of nitrogens with zero attached hydrogens (tertiary/aromatic N) is 3. The molecule has 0 fully saturated rings. The molecule has 9 heteroatoms. The molecule has 0 bridgehead atoms. The molecule has 0 aromatic carbocycles. The Bertz CT molecular complexity index is 1320. The first-order valence-corrected chi connectivity index (χ1v) is 10.0. The van der Waals surface area contributed by atoms with E-state index in [2.05, 4.69) is 40.8 Å². The van der Waals surface area contributed by atoms with E-state index >= 15 is 0 Å². The Morgan fingerprint density at radius 1 is 1.00 bits per heavy atom. The number of rotatable bonds is 2. The normalized spacial score (nSPS) is 12.5. The maximum absolute atomic E-state index is 12.7. The Labute approximate surface area is 165 Å². The van der Waals surface area contributed by atoms with Crippen LogP contribution in [0, 0.1) is 6.92 Å². The summed E-state index contributed by atoms with van der Waals surface area (Å²) in [7, 11) is 2.06. The van der Waals surface area contributed by atoms with Crippen molar-refractivity contribution in [2.45, 2.75) is 13.1 Å². The van der Waals surface area contributed by atoms with Gasteiger partial charge in [0.05, 0.1) is 26.1 Å². The molecule has 142 valence electrons. The highest BCUT2D eigenvalue weighted by Crippen LogP contribution is 2.42. The summed E-state index contributed by atoms with van der Waals surface area (Å²) in [5.41, 5.74) is 3.03. The van der Waals surface area contributed by atoms with Crippen LogP contribution in [0.2, 0.25) is 0 Å². The zero-order valence-corrected chi connectivity index (χ0v) is 16.4. The summed E-state index contributed by atoms with van der Waals surface area (Å²) in [6.07, 6.45) is -2.77. The summed E-state index contributed by atoms with van der Waals surface area (Å²) in [5, 5.41) is 5.74. The van der Waals surface area contributed by atoms with E-state index in [0.29, 0.717) is 5.69 Å². The molecular formula is C19H13F3N4S2. The lowest BCUT2D eigenvalue weighted by Gasteiger charge is -2.00. The van der Waals surface area contributed by atoms with E-state index in [1.165, 1.54) is 25.3 Å². The largest absolute Gasteiger partial charge is 0.432 e. The molecule has 4 nitrogen and oxygen atoms in total. The molecule has 28 heavy (non-hydrogen) atoms. The fourth-order valence-electron chi connectivity index (χ4n) is 3.27. The van der Waals surface area contributed by atoms with Crippen LogP contribution >= 0.6 is 22.7 Å². The van der Waals surface area contributed by atoms with E-state index in [-0.39, 0.29) is 5.69 Å². The second-order valence-corrected chi connectivity index (χ2v) is 8.86. The van der Waals surface area contributed by atoms with Gasteiger partial charge in [0, 0.05) is 28.6 Å². The number of pyridine rings is 1. The van der Waals surface area contributed by atoms with E-state index in [1.54, 1.807) is 34.9 Å². The summed E-state index contributed by atoms with van der Waals surface area (Å²) >= 11 is 3.49. The SMILES string of the molecule is Cc1cc2c(s1)c1sc(-c3ccc(-c4cc(C(F)(F)F)[nH]n4)nc3)cc1n2C. The van der Waals surface area contributed by atoms with Gasteiger partial charge in [0.15, 0.2) is 0 Å². The zero-order chi connectivity index (χ0) is 19.6. The average molecular weight is 418 g/mol. The third kappa shape index (κ3) is 2.65. The van der Waals surface area contributed by atoms with Gasteiger partial charge in [-0.25, -0.2) is 0 Å². The van der Waals surface area contributed by atoms with Crippen molar-refractivity contribution in [3.05, 3.63) is 47.1 Å². The summed E-state index contributed by atoms with van der Waals surface area (Å²) in [4.78, 5) is 6.67. The highest BCUT2D eigenvalue weighted by molar-refractivity contribution is 7.29. The van der Waals surface area contributed by atoms with Gasteiger partial charge in [0.25, 0.3) is 0 Å². The van der Waals surface area contributed by atoms with Gasteiger partial charge in [0.2, 0.25) is 0 Å². The molecule has 1 N–H and O–H groups in total. The van der Waals surface area contributed by atoms with Crippen LogP contribution < -0.4 is 0 Å². The van der Waals surface area contributed by atoms with Crippen LogP contribution in [0.5, 0.6) is 0 Å². The number of hydrogen-bond donors (Lipinski definition) is 1. The topological polar surface area (TPSA) is 46.5 Å². The van der Waals surface area contributed by atoms with Crippen molar-refractivity contribution in [3.8, 4) is 21.8 Å². The van der Waals surface area contributed by atoms with E-state index in [0.717, 1.165) is 16.5 Å². The van der Waals surface area contributed by atoms with Gasteiger partial charge in [0.1, 0.15) is 11.4 Å². The lowest BCUT2D eigenvalue weighted by molar-refractivity contribution is -0.141. The van der Waals surface area contributed by atoms with Gasteiger partial charge < -0.3 is 4.57 Å². The number of aromatic amines is 1. The quantitative estimate of drug-likeness (QED) is 0.369. The number of H-pyrrole nitrogens is 1. The molecule has 0 unspecified atom stereocenters. The highest BCUT2D eigenvalue weighted by Gasteiger charge is 2.33. The van der Waals surface area contributed by atoms with Gasteiger partial charge >= 0.3 is 6.18 Å². The minimum atomic E-state index is -4.45. The van der Waals surface area contributed by atoms with Crippen molar-refractivity contribution < 1.29 is 13.2 Å². The number of halogens is 3. The molecule has 5 aromatic heterocycles. The van der Waals surface area contributed by atoms with Crippen LogP contribution in [0.15, 0.2) is 36.5 Å². The Kier molecular flexibility index (Phi) is 3.69. The molecule has 0 atom stereocenters. The van der Waals surface area contributed by atoms with Crippen molar-refractivity contribution in [1.29, 1.82) is 0 Å². The van der Waals surface area contributed by atoms with Crippen LogP contribution in [0.1, 0.15) is 10.6 Å². The van der Waals surface area contributed by atoms with Crippen molar-refractivity contribution in [2.75, 3.05) is 0 Å². The molecule has 0 saturated carbocycles. The molecular weight excluding hydrogens is 405 g/mol. The summed E-state index contributed by atoms with van der Waals surface area (Å²) in [6.45, 7) is 2.10. The predicted molar refractivity (Wildman–Crippen MR) is 107 cm³/mol. The number of aromatic nitrogens is 4. The third-order valence-electron chi connectivity index (χ3n) is 4.67. The summed E-state index contributed by atoms with van der Waals surface area (Å²) < 4.78 is 42.9. The smallest absolute Gasteiger partial charge is 0.342 e. The monoisotopic (exact) mass is 418 g/mol. The molecule has 5 rings (SSSR count). The molecule has 0 aliphatic heterocycles. The van der Waals surface area contributed by atoms with E-state index in [1.807, 2.05) is 11.2 Å². The molecule has 0 saturated heterocycles. The molecule has 5 aromatic rings. The van der Waals surface area contributed by atoms with Crippen LogP contribution in [0.3, 0.4) is 0 Å². The average Bonchev–Trinajstić information content (AvgIpc) is 3.40. The van der Waals surface area contributed by atoms with Crippen molar-refractivity contribution in [3.63, 3.8) is 0 Å². The predicted octanol–water partition coefficient (Wildman–Crippen LogP) is 6.23. The lowest BCUT2D eigenvalue weighted by Crippen LogP contribution is -2.04. The molecule has 0 spiro atoms. The van der Waals surface area contributed by atoms with E-state index < -0.39 is 11.9 Å². The van der Waals surface area contributed by atoms with Crippen molar-refractivity contribution in [2.24, 2.45) is 7.05 Å². The van der Waals surface area contributed by atoms with Crippen LogP contribution in [-0.2, 0) is 13.2 Å². The van der Waals surface area contributed by atoms with Crippen molar-refractivity contribution in [1.82, 2.24) is 19.7 Å². The number of thiophene rings is 2. The highest BCUT2D eigenvalue weighted by atomic mass is 32.1. The Morgan fingerprint density at radius 3 is 2.43 bits per heavy atom. The van der Waals surface area contributed by atoms with E-state index in [4.69, 9.17) is 0 Å². The second kappa shape index (κ2) is 5.92. The second-order valence-electron chi connectivity index (χ2n) is 6.55. The number of aryl methyl sites for hydroxylation is 2. The molecule has 0 radical (unpaired) electrons. The number of hydrogen-bond acceptors (Lipinski definition) is 4. The lowest BCUT2D eigenvalue weighted by atomic mass is 10.2. The fraction of sp³-hybridized carbons (Fsp3) is 0.158. The molecule has 5 heterocycles. The van der Waals surface area contributed by atoms with Gasteiger partial charge in [-0.3, -0.25) is 10.1 Å². The minimum absolute atomic E-state index is 0.172. The van der Waals surface area contributed by atoms with E-state index in [9.17, 15) is 13.2 Å². The standard InChI is InChI=1S/C19H13F3N4S2/c1-9-5-13-17(27-9)18-14(26(13)2)7-15(28-18)10-3-4-11(23-8-10)12-6-16(25-24-12)19(20,21)22/h3-8H,1-2H3,(H,24,25). The maximum Gasteiger partial charge on any atom is 0.432 e. The first-order valence-electron chi connectivity index (χ1n) is 8.39. The Morgan fingerprint density at radius 2 is 1.75 bits per heavy atom. The molecule has 0 aliphatic carbocycles. The Hall–Kier alpha value is -2.65. The zero-order valence-electron chi connectivity index (χ0n) is 14.8. The maximum atomic E-state index is 12.7. The van der Waals surface area contributed by atoms with Gasteiger partial charge in [-0.2, -0.15) is 18.3 Å². The molecule has 0 aliphatic rings. The number of fused-ring (bicyclic) bond motifs is 3. The van der Waals surface area contributed by atoms with Gasteiger partial charge in [-0.15, -0.1) is 22.7 Å². The summed E-state index contributed by atoms with van der Waals surface area (Å²) in [6, 6.07) is 8.86. The van der Waals surface area contributed by atoms with Crippen molar-refractivity contribution >= 4 is 43.1 Å².